The van der Waals surface area contributed by atoms with Crippen molar-refractivity contribution in [2.24, 2.45) is 0 Å². The minimum atomic E-state index is 0.554. The van der Waals surface area contributed by atoms with E-state index in [1.807, 2.05) is 54.6 Å². The summed E-state index contributed by atoms with van der Waals surface area (Å²) in [5, 5.41) is 3.03. The van der Waals surface area contributed by atoms with Crippen molar-refractivity contribution < 1.29 is 0 Å². The third-order valence-electron chi connectivity index (χ3n) is 8.59. The van der Waals surface area contributed by atoms with Crippen LogP contribution in [0.1, 0.15) is 0 Å². The van der Waals surface area contributed by atoms with Gasteiger partial charge in [-0.25, -0.2) is 19.9 Å². The van der Waals surface area contributed by atoms with Gasteiger partial charge in [-0.2, -0.15) is 0 Å². The van der Waals surface area contributed by atoms with Gasteiger partial charge in [0, 0.05) is 45.2 Å². The molecular formula is C42H26N6. The lowest BCUT2D eigenvalue weighted by Gasteiger charge is -2.13. The summed E-state index contributed by atoms with van der Waals surface area (Å²) >= 11 is 0. The van der Waals surface area contributed by atoms with Gasteiger partial charge in [0.1, 0.15) is 11.4 Å². The van der Waals surface area contributed by atoms with Crippen LogP contribution in [0.3, 0.4) is 0 Å². The molecule has 0 aliphatic heterocycles. The van der Waals surface area contributed by atoms with Crippen LogP contribution >= 0.6 is 0 Å². The predicted molar refractivity (Wildman–Crippen MR) is 193 cm³/mol. The number of hydrogen-bond donors (Lipinski definition) is 0. The Morgan fingerprint density at radius 2 is 0.958 bits per heavy atom. The van der Waals surface area contributed by atoms with Gasteiger partial charge in [0.15, 0.2) is 5.82 Å². The molecule has 0 radical (unpaired) electrons. The molecule has 0 aliphatic carbocycles. The van der Waals surface area contributed by atoms with Gasteiger partial charge >= 0.3 is 0 Å². The SMILES string of the molecule is c1ccc(-c2ccc3ccc4ccc(-c5cccc(-c6cccc7c(-c8ccccn8)nc(-c8ccccn8)nc67)c5)nc4c3n2)cc1. The summed E-state index contributed by atoms with van der Waals surface area (Å²) < 4.78 is 0. The molecule has 48 heavy (non-hydrogen) atoms. The zero-order valence-electron chi connectivity index (χ0n) is 25.7. The molecule has 0 saturated carbocycles. The molecule has 0 fully saturated rings. The number of benzene rings is 4. The Morgan fingerprint density at radius 3 is 1.67 bits per heavy atom. The molecule has 0 amide bonds. The van der Waals surface area contributed by atoms with Crippen LogP contribution in [0.25, 0.3) is 89.3 Å². The van der Waals surface area contributed by atoms with E-state index in [4.69, 9.17) is 19.9 Å². The van der Waals surface area contributed by atoms with Crippen molar-refractivity contribution in [3.8, 4) is 56.5 Å². The minimum Gasteiger partial charge on any atom is -0.255 e. The molecule has 0 atom stereocenters. The smallest absolute Gasteiger partial charge is 0.179 e. The van der Waals surface area contributed by atoms with E-state index in [-0.39, 0.29) is 0 Å². The first kappa shape index (κ1) is 27.6. The zero-order chi connectivity index (χ0) is 31.9. The summed E-state index contributed by atoms with van der Waals surface area (Å²) in [7, 11) is 0. The Balaban J connectivity index is 1.20. The molecule has 0 bridgehead atoms. The van der Waals surface area contributed by atoms with Crippen LogP contribution in [-0.4, -0.2) is 29.9 Å². The van der Waals surface area contributed by atoms with Crippen molar-refractivity contribution in [2.45, 2.75) is 0 Å². The van der Waals surface area contributed by atoms with Crippen LogP contribution in [-0.2, 0) is 0 Å². The molecule has 6 nitrogen and oxygen atoms in total. The first-order valence-corrected chi connectivity index (χ1v) is 15.8. The number of rotatable bonds is 5. The van der Waals surface area contributed by atoms with E-state index in [0.29, 0.717) is 11.5 Å². The fourth-order valence-corrected chi connectivity index (χ4v) is 6.24. The fourth-order valence-electron chi connectivity index (χ4n) is 6.24. The highest BCUT2D eigenvalue weighted by Crippen LogP contribution is 2.36. The first-order chi connectivity index (χ1) is 23.8. The number of para-hydroxylation sites is 1. The normalized spacial score (nSPS) is 11.3. The van der Waals surface area contributed by atoms with Crippen molar-refractivity contribution in [1.29, 1.82) is 0 Å². The highest BCUT2D eigenvalue weighted by molar-refractivity contribution is 6.04. The quantitative estimate of drug-likeness (QED) is 0.180. The van der Waals surface area contributed by atoms with Gasteiger partial charge in [0.25, 0.3) is 0 Å². The molecule has 4 aromatic carbocycles. The standard InChI is InChI=1S/C42H26N6/c1-2-10-27(11-3-1)34-22-20-28-18-19-29-21-23-35(46-39(29)38(28)45-34)31-13-8-12-30(26-31)32-14-9-15-33-40(32)47-42(37-17-5-7-25-44-37)48-41(33)36-16-4-6-24-43-36/h1-26H. The van der Waals surface area contributed by atoms with Crippen molar-refractivity contribution in [3.63, 3.8) is 0 Å². The largest absolute Gasteiger partial charge is 0.255 e. The molecular weight excluding hydrogens is 589 g/mol. The van der Waals surface area contributed by atoms with Crippen LogP contribution in [0.2, 0.25) is 0 Å². The number of aromatic nitrogens is 6. The molecule has 0 N–H and O–H groups in total. The zero-order valence-corrected chi connectivity index (χ0v) is 25.7. The predicted octanol–water partition coefficient (Wildman–Crippen LogP) is 9.85. The third kappa shape index (κ3) is 4.93. The van der Waals surface area contributed by atoms with Gasteiger partial charge in [0.2, 0.25) is 0 Å². The lowest BCUT2D eigenvalue weighted by atomic mass is 9.97. The number of hydrogen-bond acceptors (Lipinski definition) is 6. The Kier molecular flexibility index (Phi) is 6.68. The summed E-state index contributed by atoms with van der Waals surface area (Å²) in [6, 6.07) is 49.2. The second-order valence-electron chi connectivity index (χ2n) is 11.6. The fraction of sp³-hybridized carbons (Fsp3) is 0. The molecule has 5 heterocycles. The topological polar surface area (TPSA) is 77.3 Å². The average Bonchev–Trinajstić information content (AvgIpc) is 3.18. The van der Waals surface area contributed by atoms with Crippen LogP contribution in [0, 0.1) is 0 Å². The van der Waals surface area contributed by atoms with Crippen LogP contribution in [0.4, 0.5) is 0 Å². The van der Waals surface area contributed by atoms with E-state index in [0.717, 1.165) is 77.7 Å². The van der Waals surface area contributed by atoms with E-state index in [2.05, 4.69) is 101 Å². The lowest BCUT2D eigenvalue weighted by molar-refractivity contribution is 1.16. The average molecular weight is 615 g/mol. The molecule has 0 saturated heterocycles. The second kappa shape index (κ2) is 11.6. The molecule has 224 valence electrons. The molecule has 0 aliphatic rings. The van der Waals surface area contributed by atoms with E-state index in [9.17, 15) is 0 Å². The Morgan fingerprint density at radius 1 is 0.354 bits per heavy atom. The second-order valence-corrected chi connectivity index (χ2v) is 11.6. The number of nitrogens with zero attached hydrogens (tertiary/aromatic N) is 6. The third-order valence-corrected chi connectivity index (χ3v) is 8.59. The molecule has 0 spiro atoms. The molecule has 5 aromatic heterocycles. The monoisotopic (exact) mass is 614 g/mol. The highest BCUT2D eigenvalue weighted by Gasteiger charge is 2.17. The van der Waals surface area contributed by atoms with Gasteiger partial charge in [-0.3, -0.25) is 9.97 Å². The van der Waals surface area contributed by atoms with E-state index in [1.54, 1.807) is 12.4 Å². The van der Waals surface area contributed by atoms with E-state index in [1.165, 1.54) is 0 Å². The summed E-state index contributed by atoms with van der Waals surface area (Å²) in [5.41, 5.74) is 10.8. The minimum absolute atomic E-state index is 0.554. The van der Waals surface area contributed by atoms with Gasteiger partial charge in [-0.1, -0.05) is 103 Å². The molecule has 9 aromatic rings. The van der Waals surface area contributed by atoms with Crippen LogP contribution in [0.15, 0.2) is 158 Å². The van der Waals surface area contributed by atoms with Crippen molar-refractivity contribution in [2.75, 3.05) is 0 Å². The van der Waals surface area contributed by atoms with Gasteiger partial charge in [-0.15, -0.1) is 0 Å². The summed E-state index contributed by atoms with van der Waals surface area (Å²) in [4.78, 5) is 29.5. The molecule has 0 unspecified atom stereocenters. The van der Waals surface area contributed by atoms with Crippen molar-refractivity contribution in [1.82, 2.24) is 29.9 Å². The van der Waals surface area contributed by atoms with Crippen molar-refractivity contribution in [3.05, 3.63) is 158 Å². The number of pyridine rings is 4. The number of fused-ring (bicyclic) bond motifs is 4. The summed E-state index contributed by atoms with van der Waals surface area (Å²) in [6.45, 7) is 0. The van der Waals surface area contributed by atoms with Crippen LogP contribution in [0.5, 0.6) is 0 Å². The Bertz CT molecular complexity index is 2610. The highest BCUT2D eigenvalue weighted by atomic mass is 14.9. The Hall–Kier alpha value is -6.66. The Labute approximate surface area is 276 Å². The molecule has 6 heteroatoms. The van der Waals surface area contributed by atoms with Gasteiger partial charge < -0.3 is 0 Å². The van der Waals surface area contributed by atoms with Gasteiger partial charge in [0.05, 0.1) is 33.6 Å². The first-order valence-electron chi connectivity index (χ1n) is 15.8. The van der Waals surface area contributed by atoms with E-state index < -0.39 is 0 Å². The maximum Gasteiger partial charge on any atom is 0.179 e. The maximum atomic E-state index is 5.21. The van der Waals surface area contributed by atoms with E-state index >= 15 is 0 Å². The molecule has 9 rings (SSSR count). The van der Waals surface area contributed by atoms with Gasteiger partial charge in [-0.05, 0) is 48.0 Å². The summed E-state index contributed by atoms with van der Waals surface area (Å²) in [5.74, 6) is 0.554. The van der Waals surface area contributed by atoms with Crippen LogP contribution < -0.4 is 0 Å². The maximum absolute atomic E-state index is 5.21. The lowest BCUT2D eigenvalue weighted by Crippen LogP contribution is -1.98. The van der Waals surface area contributed by atoms with Crippen molar-refractivity contribution >= 4 is 32.7 Å². The summed E-state index contributed by atoms with van der Waals surface area (Å²) in [6.07, 6.45) is 3.55.